The summed E-state index contributed by atoms with van der Waals surface area (Å²) in [7, 11) is 0. The smallest absolute Gasteiger partial charge is 0.0710 e. The summed E-state index contributed by atoms with van der Waals surface area (Å²) in [5, 5.41) is 0. The van der Waals surface area contributed by atoms with E-state index in [1.807, 2.05) is 0 Å². The molecule has 0 spiro atoms. The standard InChI is InChI=1S/C5H5BrS2/c1-7-5-3-2-4(6)8-5/h2-3H,1H3. The largest absolute Gasteiger partial charge is 0.122 e. The molecule has 0 atom stereocenters. The molecule has 0 aromatic carbocycles. The monoisotopic (exact) mass is 208 g/mol. The summed E-state index contributed by atoms with van der Waals surface area (Å²) < 4.78 is 2.57. The van der Waals surface area contributed by atoms with Crippen molar-refractivity contribution in [2.24, 2.45) is 0 Å². The van der Waals surface area contributed by atoms with Gasteiger partial charge in [0.15, 0.2) is 0 Å². The molecule has 0 aliphatic rings. The van der Waals surface area contributed by atoms with E-state index in [9.17, 15) is 0 Å². The SMILES string of the molecule is CSc1ccc(Br)s1. The summed E-state index contributed by atoms with van der Waals surface area (Å²) in [5.41, 5.74) is 0. The molecule has 0 N–H and O–H groups in total. The van der Waals surface area contributed by atoms with E-state index < -0.39 is 0 Å². The highest BCUT2D eigenvalue weighted by Crippen LogP contribution is 2.28. The van der Waals surface area contributed by atoms with E-state index in [2.05, 4.69) is 34.3 Å². The first-order chi connectivity index (χ1) is 3.83. The number of thioether (sulfide) groups is 1. The van der Waals surface area contributed by atoms with E-state index >= 15 is 0 Å². The molecule has 3 heteroatoms. The lowest BCUT2D eigenvalue weighted by Gasteiger charge is -1.79. The first-order valence-electron chi connectivity index (χ1n) is 2.12. The normalized spacial score (nSPS) is 9.75. The van der Waals surface area contributed by atoms with E-state index in [0.717, 1.165) is 0 Å². The van der Waals surface area contributed by atoms with Gasteiger partial charge >= 0.3 is 0 Å². The van der Waals surface area contributed by atoms with Crippen LogP contribution in [0.5, 0.6) is 0 Å². The van der Waals surface area contributed by atoms with Gasteiger partial charge in [0, 0.05) is 0 Å². The topological polar surface area (TPSA) is 0 Å². The maximum atomic E-state index is 3.38. The zero-order valence-electron chi connectivity index (χ0n) is 4.35. The Hall–Kier alpha value is 0.530. The maximum Gasteiger partial charge on any atom is 0.0710 e. The lowest BCUT2D eigenvalue weighted by Crippen LogP contribution is -1.46. The fourth-order valence-electron chi connectivity index (χ4n) is 0.407. The molecule has 0 unspecified atom stereocenters. The molecule has 1 aromatic rings. The van der Waals surface area contributed by atoms with Crippen LogP contribution in [0, 0.1) is 0 Å². The molecular formula is C5H5BrS2. The number of rotatable bonds is 1. The van der Waals surface area contributed by atoms with E-state index in [1.54, 1.807) is 23.1 Å². The van der Waals surface area contributed by atoms with Gasteiger partial charge in [-0.1, -0.05) is 0 Å². The number of hydrogen-bond acceptors (Lipinski definition) is 2. The van der Waals surface area contributed by atoms with Crippen molar-refractivity contribution >= 4 is 39.0 Å². The molecular weight excluding hydrogens is 204 g/mol. The fraction of sp³-hybridized carbons (Fsp3) is 0.200. The van der Waals surface area contributed by atoms with Gasteiger partial charge in [0.2, 0.25) is 0 Å². The van der Waals surface area contributed by atoms with Crippen molar-refractivity contribution in [3.05, 3.63) is 15.9 Å². The third kappa shape index (κ3) is 1.50. The lowest BCUT2D eigenvalue weighted by molar-refractivity contribution is 1.74. The Morgan fingerprint density at radius 1 is 1.62 bits per heavy atom. The van der Waals surface area contributed by atoms with E-state index in [4.69, 9.17) is 0 Å². The Balaban J connectivity index is 2.84. The van der Waals surface area contributed by atoms with Gasteiger partial charge in [0.1, 0.15) is 0 Å². The molecule has 0 nitrogen and oxygen atoms in total. The van der Waals surface area contributed by atoms with Gasteiger partial charge in [-0.25, -0.2) is 0 Å². The average Bonchev–Trinajstić information content (AvgIpc) is 2.14. The third-order valence-corrected chi connectivity index (χ3v) is 3.46. The molecule has 1 rings (SSSR count). The summed E-state index contributed by atoms with van der Waals surface area (Å²) >= 11 is 6.92. The van der Waals surface area contributed by atoms with Crippen LogP contribution < -0.4 is 0 Å². The highest BCUT2D eigenvalue weighted by molar-refractivity contribution is 9.11. The van der Waals surface area contributed by atoms with Crippen LogP contribution in [0.15, 0.2) is 20.1 Å². The molecule has 0 fully saturated rings. The summed E-state index contributed by atoms with van der Waals surface area (Å²) in [5.74, 6) is 0. The Bertz CT molecular complexity index is 171. The maximum absolute atomic E-state index is 3.38. The van der Waals surface area contributed by atoms with Gasteiger partial charge in [0.25, 0.3) is 0 Å². The number of thiophene rings is 1. The summed E-state index contributed by atoms with van der Waals surface area (Å²) in [6.45, 7) is 0. The van der Waals surface area contributed by atoms with Crippen molar-refractivity contribution < 1.29 is 0 Å². The summed E-state index contributed by atoms with van der Waals surface area (Å²) in [6, 6.07) is 4.18. The van der Waals surface area contributed by atoms with Crippen LogP contribution in [0.25, 0.3) is 0 Å². The van der Waals surface area contributed by atoms with Crippen molar-refractivity contribution in [1.29, 1.82) is 0 Å². The molecule has 0 amide bonds. The van der Waals surface area contributed by atoms with Gasteiger partial charge < -0.3 is 0 Å². The quantitative estimate of drug-likeness (QED) is 0.640. The predicted octanol–water partition coefficient (Wildman–Crippen LogP) is 3.23. The van der Waals surface area contributed by atoms with E-state index in [-0.39, 0.29) is 0 Å². The van der Waals surface area contributed by atoms with Gasteiger partial charge in [-0.3, -0.25) is 0 Å². The predicted molar refractivity (Wildman–Crippen MR) is 43.8 cm³/mol. The van der Waals surface area contributed by atoms with Crippen LogP contribution in [0.1, 0.15) is 0 Å². The molecule has 0 saturated heterocycles. The average molecular weight is 209 g/mol. The van der Waals surface area contributed by atoms with Gasteiger partial charge in [-0.05, 0) is 34.3 Å². The first kappa shape index (κ1) is 6.65. The zero-order valence-corrected chi connectivity index (χ0v) is 7.57. The second-order valence-corrected chi connectivity index (χ2v) is 4.83. The van der Waals surface area contributed by atoms with Crippen LogP contribution in [0.3, 0.4) is 0 Å². The molecule has 0 radical (unpaired) electrons. The van der Waals surface area contributed by atoms with Crippen LogP contribution in [0.4, 0.5) is 0 Å². The minimum atomic E-state index is 1.21. The second kappa shape index (κ2) is 2.90. The molecule has 0 bridgehead atoms. The van der Waals surface area contributed by atoms with Crippen molar-refractivity contribution in [1.82, 2.24) is 0 Å². The second-order valence-electron chi connectivity index (χ2n) is 1.26. The summed E-state index contributed by atoms with van der Waals surface area (Å²) in [4.78, 5) is 0. The van der Waals surface area contributed by atoms with Crippen LogP contribution in [-0.2, 0) is 0 Å². The minimum Gasteiger partial charge on any atom is -0.122 e. The fourth-order valence-corrected chi connectivity index (χ4v) is 2.66. The van der Waals surface area contributed by atoms with E-state index in [0.29, 0.717) is 0 Å². The van der Waals surface area contributed by atoms with Crippen LogP contribution in [-0.4, -0.2) is 6.26 Å². The molecule has 44 valence electrons. The number of halogens is 1. The molecule has 8 heavy (non-hydrogen) atoms. The van der Waals surface area contributed by atoms with Gasteiger partial charge in [-0.2, -0.15) is 0 Å². The van der Waals surface area contributed by atoms with Crippen molar-refractivity contribution in [2.45, 2.75) is 4.21 Å². The summed E-state index contributed by atoms with van der Waals surface area (Å²) in [6.07, 6.45) is 2.08. The lowest BCUT2D eigenvalue weighted by atomic mass is 10.7. The third-order valence-electron chi connectivity index (χ3n) is 0.750. The van der Waals surface area contributed by atoms with Gasteiger partial charge in [-0.15, -0.1) is 23.1 Å². The van der Waals surface area contributed by atoms with Crippen LogP contribution >= 0.6 is 39.0 Å². The Morgan fingerprint density at radius 3 is 2.62 bits per heavy atom. The van der Waals surface area contributed by atoms with E-state index in [1.165, 1.54) is 8.00 Å². The highest BCUT2D eigenvalue weighted by Gasteiger charge is 1.91. The zero-order chi connectivity index (χ0) is 5.98. The Kier molecular flexibility index (Phi) is 2.41. The Labute approximate surface area is 65.4 Å². The van der Waals surface area contributed by atoms with Crippen molar-refractivity contribution in [2.75, 3.05) is 6.26 Å². The first-order valence-corrected chi connectivity index (χ1v) is 4.95. The highest BCUT2D eigenvalue weighted by atomic mass is 79.9. The Morgan fingerprint density at radius 2 is 2.38 bits per heavy atom. The molecule has 0 saturated carbocycles. The molecule has 0 aliphatic carbocycles. The van der Waals surface area contributed by atoms with Crippen molar-refractivity contribution in [3.63, 3.8) is 0 Å². The molecule has 0 aliphatic heterocycles. The molecule has 1 aromatic heterocycles. The number of hydrogen-bond donors (Lipinski definition) is 0. The van der Waals surface area contributed by atoms with Gasteiger partial charge in [0.05, 0.1) is 8.00 Å². The van der Waals surface area contributed by atoms with Crippen LogP contribution in [0.2, 0.25) is 0 Å². The molecule has 1 heterocycles. The van der Waals surface area contributed by atoms with Crippen molar-refractivity contribution in [3.8, 4) is 0 Å². The minimum absolute atomic E-state index is 1.21.